The molecule has 0 radical (unpaired) electrons. The fraction of sp³-hybridized carbons (Fsp3) is 0.238. The van der Waals surface area contributed by atoms with Crippen molar-refractivity contribution >= 4 is 5.78 Å². The predicted octanol–water partition coefficient (Wildman–Crippen LogP) is 2.79. The van der Waals surface area contributed by atoms with Crippen molar-refractivity contribution in [3.63, 3.8) is 0 Å². The molecule has 1 aromatic heterocycles. The summed E-state index contributed by atoms with van der Waals surface area (Å²) < 4.78 is 21.9. The summed E-state index contributed by atoms with van der Waals surface area (Å²) in [6, 6.07) is 10.7. The van der Waals surface area contributed by atoms with Gasteiger partial charge in [0.15, 0.2) is 35.5 Å². The number of aromatic nitrogens is 1. The van der Waals surface area contributed by atoms with Gasteiger partial charge >= 0.3 is 0 Å². The second-order valence-electron chi connectivity index (χ2n) is 6.39. The van der Waals surface area contributed by atoms with Gasteiger partial charge in [-0.2, -0.15) is 0 Å². The van der Waals surface area contributed by atoms with Gasteiger partial charge in [-0.25, -0.2) is 4.98 Å². The third-order valence-electron chi connectivity index (χ3n) is 4.59. The molecule has 1 aliphatic rings. The highest BCUT2D eigenvalue weighted by molar-refractivity contribution is 5.86. The monoisotopic (exact) mass is 381 g/mol. The lowest BCUT2D eigenvalue weighted by atomic mass is 9.98. The van der Waals surface area contributed by atoms with E-state index < -0.39 is 6.10 Å². The number of ketones is 1. The number of ether oxygens (including phenoxy) is 3. The maximum absolute atomic E-state index is 12.7. The van der Waals surface area contributed by atoms with Crippen LogP contribution < -0.4 is 14.2 Å². The van der Waals surface area contributed by atoms with Gasteiger partial charge in [0.05, 0.1) is 19.9 Å². The lowest BCUT2D eigenvalue weighted by molar-refractivity contribution is -0.127. The molecule has 2 aromatic carbocycles. The van der Waals surface area contributed by atoms with Crippen LogP contribution >= 0.6 is 0 Å². The SMILES string of the molecule is COc1ccc2c(c1)OC(C(=O)Cc1ccc(-c3cnco3)c(CO)c1)CO2. The van der Waals surface area contributed by atoms with Crippen LogP contribution in [0.25, 0.3) is 11.3 Å². The molecule has 1 aliphatic heterocycles. The molecule has 0 aliphatic carbocycles. The van der Waals surface area contributed by atoms with Crippen molar-refractivity contribution in [2.45, 2.75) is 19.1 Å². The second kappa shape index (κ2) is 7.74. The molecule has 1 N–H and O–H groups in total. The van der Waals surface area contributed by atoms with Gasteiger partial charge < -0.3 is 23.7 Å². The van der Waals surface area contributed by atoms with Crippen LogP contribution in [-0.4, -0.2) is 35.7 Å². The summed E-state index contributed by atoms with van der Waals surface area (Å²) in [5.41, 5.74) is 2.18. The first-order valence-electron chi connectivity index (χ1n) is 8.79. The highest BCUT2D eigenvalue weighted by Crippen LogP contribution is 2.35. The first-order valence-corrected chi connectivity index (χ1v) is 8.79. The maximum Gasteiger partial charge on any atom is 0.191 e. The normalized spacial score (nSPS) is 15.3. The molecule has 4 rings (SSSR count). The quantitative estimate of drug-likeness (QED) is 0.702. The predicted molar refractivity (Wildman–Crippen MR) is 99.5 cm³/mol. The van der Waals surface area contributed by atoms with E-state index in [1.54, 1.807) is 37.6 Å². The number of aliphatic hydroxyl groups is 1. The van der Waals surface area contributed by atoms with Crippen molar-refractivity contribution in [1.82, 2.24) is 4.98 Å². The number of nitrogens with zero attached hydrogens (tertiary/aromatic N) is 1. The van der Waals surface area contributed by atoms with E-state index in [0.29, 0.717) is 28.6 Å². The Hall–Kier alpha value is -3.32. The van der Waals surface area contributed by atoms with E-state index >= 15 is 0 Å². The molecule has 3 aromatic rings. The molecule has 1 atom stereocenters. The summed E-state index contributed by atoms with van der Waals surface area (Å²) in [6.45, 7) is -0.0184. The Kier molecular flexibility index (Phi) is 4.99. The zero-order chi connectivity index (χ0) is 19.5. The highest BCUT2D eigenvalue weighted by atomic mass is 16.6. The van der Waals surface area contributed by atoms with Crippen LogP contribution in [0.2, 0.25) is 0 Å². The molecule has 1 unspecified atom stereocenters. The van der Waals surface area contributed by atoms with E-state index in [-0.39, 0.29) is 25.4 Å². The number of fused-ring (bicyclic) bond motifs is 1. The van der Waals surface area contributed by atoms with Gasteiger partial charge in [-0.05, 0) is 23.3 Å². The number of rotatable bonds is 6. The Morgan fingerprint density at radius 3 is 2.89 bits per heavy atom. The van der Waals surface area contributed by atoms with Gasteiger partial charge in [0, 0.05) is 18.1 Å². The molecule has 7 nitrogen and oxygen atoms in total. The van der Waals surface area contributed by atoms with Crippen LogP contribution in [0, 0.1) is 0 Å². The van der Waals surface area contributed by atoms with Crippen LogP contribution in [0.5, 0.6) is 17.2 Å². The maximum atomic E-state index is 12.7. The van der Waals surface area contributed by atoms with E-state index in [9.17, 15) is 9.90 Å². The number of hydrogen-bond acceptors (Lipinski definition) is 7. The van der Waals surface area contributed by atoms with Gasteiger partial charge in [0.2, 0.25) is 0 Å². The molecule has 7 heteroatoms. The Balaban J connectivity index is 1.49. The largest absolute Gasteiger partial charge is 0.497 e. The zero-order valence-corrected chi connectivity index (χ0v) is 15.3. The van der Waals surface area contributed by atoms with E-state index in [1.165, 1.54) is 6.39 Å². The van der Waals surface area contributed by atoms with Crippen molar-refractivity contribution in [3.8, 4) is 28.6 Å². The molecule has 0 saturated heterocycles. The molecule has 144 valence electrons. The number of methoxy groups -OCH3 is 1. The first kappa shape index (κ1) is 18.1. The summed E-state index contributed by atoms with van der Waals surface area (Å²) in [4.78, 5) is 16.6. The number of carbonyl (C=O) groups is 1. The smallest absolute Gasteiger partial charge is 0.191 e. The van der Waals surface area contributed by atoms with Crippen LogP contribution in [0.4, 0.5) is 0 Å². The molecule has 2 heterocycles. The minimum Gasteiger partial charge on any atom is -0.497 e. The average molecular weight is 381 g/mol. The van der Waals surface area contributed by atoms with Crippen LogP contribution in [0.3, 0.4) is 0 Å². The summed E-state index contributed by atoms with van der Waals surface area (Å²) in [6.07, 6.45) is 2.38. The lowest BCUT2D eigenvalue weighted by Gasteiger charge is -2.26. The van der Waals surface area contributed by atoms with Gasteiger partial charge in [-0.1, -0.05) is 18.2 Å². The van der Waals surface area contributed by atoms with Crippen LogP contribution in [0.1, 0.15) is 11.1 Å². The Morgan fingerprint density at radius 1 is 1.25 bits per heavy atom. The van der Waals surface area contributed by atoms with Gasteiger partial charge in [0.1, 0.15) is 12.4 Å². The molecular formula is C21H19NO6. The number of oxazole rings is 1. The molecule has 0 fully saturated rings. The fourth-order valence-corrected chi connectivity index (χ4v) is 3.13. The molecular weight excluding hydrogens is 362 g/mol. The van der Waals surface area contributed by atoms with E-state index in [0.717, 1.165) is 11.1 Å². The molecule has 0 amide bonds. The highest BCUT2D eigenvalue weighted by Gasteiger charge is 2.28. The Labute approximate surface area is 161 Å². The van der Waals surface area contributed by atoms with E-state index in [4.69, 9.17) is 18.6 Å². The van der Waals surface area contributed by atoms with Crippen molar-refractivity contribution in [1.29, 1.82) is 0 Å². The molecule has 28 heavy (non-hydrogen) atoms. The summed E-state index contributed by atoms with van der Waals surface area (Å²) >= 11 is 0. The average Bonchev–Trinajstić information content (AvgIpc) is 3.27. The summed E-state index contributed by atoms with van der Waals surface area (Å²) in [5.74, 6) is 2.16. The number of hydrogen-bond donors (Lipinski definition) is 1. The number of aliphatic hydroxyl groups excluding tert-OH is 1. The van der Waals surface area contributed by atoms with Gasteiger partial charge in [-0.3, -0.25) is 4.79 Å². The molecule has 0 bridgehead atoms. The van der Waals surface area contributed by atoms with Crippen molar-refractivity contribution < 1.29 is 28.5 Å². The first-order chi connectivity index (χ1) is 13.7. The van der Waals surface area contributed by atoms with Gasteiger partial charge in [-0.15, -0.1) is 0 Å². The summed E-state index contributed by atoms with van der Waals surface area (Å²) in [7, 11) is 1.56. The lowest BCUT2D eigenvalue weighted by Crippen LogP contribution is -2.37. The molecule has 0 saturated carbocycles. The third kappa shape index (κ3) is 3.57. The Morgan fingerprint density at radius 2 is 2.14 bits per heavy atom. The topological polar surface area (TPSA) is 91.0 Å². The minimum absolute atomic E-state index is 0.107. The van der Waals surface area contributed by atoms with Crippen LogP contribution in [0.15, 0.2) is 53.4 Å². The standard InChI is InChI=1S/C21H19NO6/c1-25-15-3-5-18-19(8-15)28-21(11-26-18)17(24)7-13-2-4-16(14(6-13)10-23)20-9-22-12-27-20/h2-6,8-9,12,21,23H,7,10-11H2,1H3. The van der Waals surface area contributed by atoms with Crippen LogP contribution in [-0.2, 0) is 17.8 Å². The number of carbonyl (C=O) groups excluding carboxylic acids is 1. The van der Waals surface area contributed by atoms with Crippen molar-refractivity contribution in [3.05, 3.63) is 60.1 Å². The molecule has 0 spiro atoms. The van der Waals surface area contributed by atoms with Gasteiger partial charge in [0.25, 0.3) is 0 Å². The Bertz CT molecular complexity index is 983. The van der Waals surface area contributed by atoms with E-state index in [1.807, 2.05) is 12.1 Å². The fourth-order valence-electron chi connectivity index (χ4n) is 3.13. The number of Topliss-reactive ketones (excluding diaryl/α,β-unsaturated/α-hetero) is 1. The summed E-state index contributed by atoms with van der Waals surface area (Å²) in [5, 5.41) is 9.68. The minimum atomic E-state index is -0.703. The van der Waals surface area contributed by atoms with Crippen molar-refractivity contribution in [2.24, 2.45) is 0 Å². The number of benzene rings is 2. The zero-order valence-electron chi connectivity index (χ0n) is 15.3. The third-order valence-corrected chi connectivity index (χ3v) is 4.59. The second-order valence-corrected chi connectivity index (χ2v) is 6.39. The van der Waals surface area contributed by atoms with E-state index in [2.05, 4.69) is 4.98 Å². The van der Waals surface area contributed by atoms with Crippen molar-refractivity contribution in [2.75, 3.05) is 13.7 Å².